The topological polar surface area (TPSA) is 62.3 Å². The Kier molecular flexibility index (Phi) is 3.66. The molecule has 0 bridgehead atoms. The Hall–Kier alpha value is -1.75. The standard InChI is InChI=1S/C14H17NO3S/c1-14(2,3)18-10-6-4-9(5-7-10)8-11-12(16)15-13(17)19-11/h4-7,16H,8H2,1-3H3,(H,15,17). The lowest BCUT2D eigenvalue weighted by Gasteiger charge is -2.21. The van der Waals surface area contributed by atoms with Crippen LogP contribution >= 0.6 is 11.3 Å². The molecule has 1 aromatic heterocycles. The second kappa shape index (κ2) is 5.09. The van der Waals surface area contributed by atoms with E-state index in [1.165, 1.54) is 0 Å². The van der Waals surface area contributed by atoms with E-state index in [0.29, 0.717) is 11.3 Å². The summed E-state index contributed by atoms with van der Waals surface area (Å²) in [4.78, 5) is 13.9. The average Bonchev–Trinajstić information content (AvgIpc) is 2.58. The van der Waals surface area contributed by atoms with Crippen LogP contribution in [0.1, 0.15) is 31.2 Å². The van der Waals surface area contributed by atoms with Gasteiger partial charge in [0.15, 0.2) is 0 Å². The van der Waals surface area contributed by atoms with Gasteiger partial charge in [0.05, 0.1) is 4.88 Å². The second-order valence-electron chi connectivity index (χ2n) is 5.32. The molecular formula is C14H17NO3S. The summed E-state index contributed by atoms with van der Waals surface area (Å²) in [7, 11) is 0. The van der Waals surface area contributed by atoms with E-state index in [9.17, 15) is 9.90 Å². The van der Waals surface area contributed by atoms with Crippen molar-refractivity contribution in [1.29, 1.82) is 0 Å². The lowest BCUT2D eigenvalue weighted by molar-refractivity contribution is 0.131. The van der Waals surface area contributed by atoms with E-state index in [4.69, 9.17) is 4.74 Å². The molecule has 2 aromatic rings. The molecule has 0 fully saturated rings. The Morgan fingerprint density at radius 1 is 1.26 bits per heavy atom. The van der Waals surface area contributed by atoms with Gasteiger partial charge < -0.3 is 9.84 Å². The van der Waals surface area contributed by atoms with Gasteiger partial charge in [-0.25, -0.2) is 0 Å². The maximum atomic E-state index is 11.1. The summed E-state index contributed by atoms with van der Waals surface area (Å²) in [5.41, 5.74) is 0.798. The summed E-state index contributed by atoms with van der Waals surface area (Å²) in [6, 6.07) is 7.66. The van der Waals surface area contributed by atoms with Crippen molar-refractivity contribution in [2.75, 3.05) is 0 Å². The fraction of sp³-hybridized carbons (Fsp3) is 0.357. The van der Waals surface area contributed by atoms with Crippen LogP contribution in [-0.4, -0.2) is 15.7 Å². The van der Waals surface area contributed by atoms with Crippen molar-refractivity contribution in [2.24, 2.45) is 0 Å². The number of rotatable bonds is 3. The number of nitrogens with one attached hydrogen (secondary N) is 1. The number of aromatic nitrogens is 1. The molecule has 19 heavy (non-hydrogen) atoms. The van der Waals surface area contributed by atoms with E-state index in [-0.39, 0.29) is 16.4 Å². The molecule has 2 N–H and O–H groups in total. The maximum absolute atomic E-state index is 11.1. The highest BCUT2D eigenvalue weighted by Crippen LogP contribution is 2.23. The average molecular weight is 279 g/mol. The molecule has 1 aromatic carbocycles. The van der Waals surface area contributed by atoms with Crippen LogP contribution in [0.25, 0.3) is 0 Å². The van der Waals surface area contributed by atoms with Gasteiger partial charge in [0.2, 0.25) is 5.88 Å². The van der Waals surface area contributed by atoms with Crippen LogP contribution < -0.4 is 9.61 Å². The SMILES string of the molecule is CC(C)(C)Oc1ccc(Cc2sc(=O)[nH]c2O)cc1. The molecule has 0 spiro atoms. The zero-order valence-electron chi connectivity index (χ0n) is 11.2. The smallest absolute Gasteiger partial charge is 0.307 e. The summed E-state index contributed by atoms with van der Waals surface area (Å²) >= 11 is 1.03. The Morgan fingerprint density at radius 2 is 1.89 bits per heavy atom. The van der Waals surface area contributed by atoms with Crippen molar-refractivity contribution in [2.45, 2.75) is 32.8 Å². The monoisotopic (exact) mass is 279 g/mol. The highest BCUT2D eigenvalue weighted by molar-refractivity contribution is 7.09. The number of H-pyrrole nitrogens is 1. The predicted molar refractivity (Wildman–Crippen MR) is 76.2 cm³/mol. The Labute approximate surface area is 115 Å². The van der Waals surface area contributed by atoms with Crippen molar-refractivity contribution in [3.05, 3.63) is 44.4 Å². The molecule has 2 rings (SSSR count). The minimum atomic E-state index is -0.236. The van der Waals surface area contributed by atoms with Crippen LogP contribution in [0, 0.1) is 0 Å². The largest absolute Gasteiger partial charge is 0.494 e. The van der Waals surface area contributed by atoms with Crippen LogP contribution in [-0.2, 0) is 6.42 Å². The van der Waals surface area contributed by atoms with Gasteiger partial charge in [-0.3, -0.25) is 9.78 Å². The van der Waals surface area contributed by atoms with Gasteiger partial charge in [0.1, 0.15) is 11.4 Å². The summed E-state index contributed by atoms with van der Waals surface area (Å²) in [5, 5.41) is 9.53. The van der Waals surface area contributed by atoms with E-state index in [1.54, 1.807) is 0 Å². The van der Waals surface area contributed by atoms with Crippen molar-refractivity contribution < 1.29 is 9.84 Å². The number of hydrogen-bond donors (Lipinski definition) is 2. The van der Waals surface area contributed by atoms with Crippen LogP contribution in [0.4, 0.5) is 0 Å². The van der Waals surface area contributed by atoms with Gasteiger partial charge in [0.25, 0.3) is 0 Å². The third-order valence-corrected chi connectivity index (χ3v) is 3.28. The molecule has 1 heterocycles. The Balaban J connectivity index is 2.11. The molecule has 0 aliphatic heterocycles. The minimum Gasteiger partial charge on any atom is -0.494 e. The van der Waals surface area contributed by atoms with Gasteiger partial charge >= 0.3 is 4.87 Å². The number of hydrogen-bond acceptors (Lipinski definition) is 4. The molecule has 0 amide bonds. The molecule has 5 heteroatoms. The normalized spacial score (nSPS) is 11.5. The van der Waals surface area contributed by atoms with Crippen molar-refractivity contribution in [3.63, 3.8) is 0 Å². The van der Waals surface area contributed by atoms with E-state index in [0.717, 1.165) is 22.6 Å². The van der Waals surface area contributed by atoms with E-state index < -0.39 is 0 Å². The molecule has 0 saturated carbocycles. The Bertz CT molecular complexity index is 605. The van der Waals surface area contributed by atoms with Crippen molar-refractivity contribution in [1.82, 2.24) is 4.98 Å². The van der Waals surface area contributed by atoms with Crippen LogP contribution in [0.15, 0.2) is 29.1 Å². The Morgan fingerprint density at radius 3 is 2.37 bits per heavy atom. The number of benzene rings is 1. The van der Waals surface area contributed by atoms with Gasteiger partial charge in [-0.15, -0.1) is 0 Å². The van der Waals surface area contributed by atoms with Gasteiger partial charge in [-0.1, -0.05) is 23.5 Å². The summed E-state index contributed by atoms with van der Waals surface area (Å²) < 4.78 is 5.73. The summed E-state index contributed by atoms with van der Waals surface area (Å²) in [5.74, 6) is 0.771. The van der Waals surface area contributed by atoms with E-state index in [2.05, 4.69) is 4.98 Å². The molecule has 0 atom stereocenters. The second-order valence-corrected chi connectivity index (χ2v) is 6.39. The molecule has 102 valence electrons. The summed E-state index contributed by atoms with van der Waals surface area (Å²) in [6.45, 7) is 5.99. The highest BCUT2D eigenvalue weighted by Gasteiger charge is 2.12. The number of thiazole rings is 1. The molecule has 0 unspecified atom stereocenters. The van der Waals surface area contributed by atoms with Gasteiger partial charge in [-0.2, -0.15) is 0 Å². The minimum absolute atomic E-state index is 0.0370. The van der Waals surface area contributed by atoms with E-state index >= 15 is 0 Å². The van der Waals surface area contributed by atoms with E-state index in [1.807, 2.05) is 45.0 Å². The first kappa shape index (κ1) is 13.7. The van der Waals surface area contributed by atoms with Crippen LogP contribution in [0.3, 0.4) is 0 Å². The zero-order chi connectivity index (χ0) is 14.0. The van der Waals surface area contributed by atoms with Crippen molar-refractivity contribution in [3.8, 4) is 11.6 Å². The molecule has 0 aliphatic carbocycles. The highest BCUT2D eigenvalue weighted by atomic mass is 32.1. The fourth-order valence-corrected chi connectivity index (χ4v) is 2.44. The molecular weight excluding hydrogens is 262 g/mol. The van der Waals surface area contributed by atoms with Crippen molar-refractivity contribution >= 4 is 11.3 Å². The number of aromatic amines is 1. The third-order valence-electron chi connectivity index (χ3n) is 2.41. The molecule has 0 radical (unpaired) electrons. The lowest BCUT2D eigenvalue weighted by Crippen LogP contribution is -2.22. The van der Waals surface area contributed by atoms with Gasteiger partial charge in [-0.05, 0) is 38.5 Å². The molecule has 4 nitrogen and oxygen atoms in total. The predicted octanol–water partition coefficient (Wildman–Crippen LogP) is 2.91. The maximum Gasteiger partial charge on any atom is 0.307 e. The third kappa shape index (κ3) is 3.86. The van der Waals surface area contributed by atoms with Crippen LogP contribution in [0.2, 0.25) is 0 Å². The first-order chi connectivity index (χ1) is 8.83. The zero-order valence-corrected chi connectivity index (χ0v) is 12.0. The first-order valence-corrected chi connectivity index (χ1v) is 6.84. The lowest BCUT2D eigenvalue weighted by atomic mass is 10.1. The fourth-order valence-electron chi connectivity index (χ4n) is 1.69. The molecule has 0 aliphatic rings. The van der Waals surface area contributed by atoms with Crippen LogP contribution in [0.5, 0.6) is 11.6 Å². The van der Waals surface area contributed by atoms with Gasteiger partial charge in [0, 0.05) is 6.42 Å². The summed E-state index contributed by atoms with van der Waals surface area (Å²) in [6.07, 6.45) is 0.533. The number of aromatic hydroxyl groups is 1. The first-order valence-electron chi connectivity index (χ1n) is 6.02. The number of ether oxygens (including phenoxy) is 1. The molecule has 0 saturated heterocycles. The quantitative estimate of drug-likeness (QED) is 0.908.